The molecule has 0 aliphatic carbocycles. The second-order valence-electron chi connectivity index (χ2n) is 4.36. The number of carboxylic acid groups (broad SMARTS) is 1. The Bertz CT molecular complexity index is 423. The van der Waals surface area contributed by atoms with Crippen molar-refractivity contribution < 1.29 is 14.6 Å². The molecule has 16 heavy (non-hydrogen) atoms. The van der Waals surface area contributed by atoms with Crippen molar-refractivity contribution in [2.45, 2.75) is 32.6 Å². The van der Waals surface area contributed by atoms with E-state index in [0.717, 1.165) is 23.3 Å². The number of ether oxygens (including phenoxy) is 1. The highest BCUT2D eigenvalue weighted by Gasteiger charge is 2.25. The van der Waals surface area contributed by atoms with Crippen molar-refractivity contribution in [2.75, 3.05) is 6.61 Å². The Morgan fingerprint density at radius 1 is 1.50 bits per heavy atom. The minimum Gasteiger partial charge on any atom is -0.493 e. The first-order valence-electron chi connectivity index (χ1n) is 5.54. The van der Waals surface area contributed by atoms with E-state index in [4.69, 9.17) is 9.84 Å². The maximum Gasteiger partial charge on any atom is 0.303 e. The molecule has 1 aliphatic heterocycles. The lowest BCUT2D eigenvalue weighted by Gasteiger charge is -2.26. The molecular formula is C13H16O3. The molecule has 3 nitrogen and oxygen atoms in total. The van der Waals surface area contributed by atoms with Crippen molar-refractivity contribution in [1.29, 1.82) is 0 Å². The number of benzene rings is 1. The fourth-order valence-corrected chi connectivity index (χ4v) is 2.21. The predicted octanol–water partition coefficient (Wildman–Crippen LogP) is 2.64. The van der Waals surface area contributed by atoms with Gasteiger partial charge in [-0.3, -0.25) is 4.79 Å². The Labute approximate surface area is 95.0 Å². The molecule has 0 bridgehead atoms. The fraction of sp³-hybridized carbons (Fsp3) is 0.462. The number of hydrogen-bond donors (Lipinski definition) is 1. The van der Waals surface area contributed by atoms with Gasteiger partial charge in [-0.2, -0.15) is 0 Å². The van der Waals surface area contributed by atoms with Crippen molar-refractivity contribution in [1.82, 2.24) is 0 Å². The molecule has 0 spiro atoms. The summed E-state index contributed by atoms with van der Waals surface area (Å²) in [5, 5.41) is 8.87. The molecule has 1 aromatic rings. The highest BCUT2D eigenvalue weighted by molar-refractivity contribution is 5.68. The summed E-state index contributed by atoms with van der Waals surface area (Å²) in [6, 6.07) is 4.04. The van der Waals surface area contributed by atoms with Gasteiger partial charge in [0.05, 0.1) is 13.0 Å². The van der Waals surface area contributed by atoms with E-state index in [2.05, 4.69) is 0 Å². The van der Waals surface area contributed by atoms with Crippen molar-refractivity contribution >= 4 is 5.97 Å². The zero-order valence-electron chi connectivity index (χ0n) is 9.62. The molecule has 1 heterocycles. The Kier molecular flexibility index (Phi) is 2.86. The van der Waals surface area contributed by atoms with Crippen LogP contribution in [-0.4, -0.2) is 17.7 Å². The highest BCUT2D eigenvalue weighted by atomic mass is 16.5. The number of aryl methyl sites for hydroxylation is 1. The summed E-state index contributed by atoms with van der Waals surface area (Å²) in [7, 11) is 0. The maximum absolute atomic E-state index is 10.8. The van der Waals surface area contributed by atoms with Gasteiger partial charge in [-0.15, -0.1) is 0 Å². The van der Waals surface area contributed by atoms with E-state index in [-0.39, 0.29) is 12.3 Å². The number of aliphatic carboxylic acids is 1. The normalized spacial score (nSPS) is 18.8. The van der Waals surface area contributed by atoms with Crippen LogP contribution in [-0.2, 0) is 4.79 Å². The molecule has 2 rings (SSSR count). The predicted molar refractivity (Wildman–Crippen MR) is 61.0 cm³/mol. The van der Waals surface area contributed by atoms with Gasteiger partial charge in [0.1, 0.15) is 5.75 Å². The van der Waals surface area contributed by atoms with Crippen LogP contribution >= 0.6 is 0 Å². The number of hydrogen-bond acceptors (Lipinski definition) is 2. The molecule has 1 atom stereocenters. The van der Waals surface area contributed by atoms with E-state index in [1.807, 2.05) is 26.0 Å². The van der Waals surface area contributed by atoms with Gasteiger partial charge in [-0.25, -0.2) is 0 Å². The highest BCUT2D eigenvalue weighted by Crippen LogP contribution is 2.38. The number of carboxylic acids is 1. The SMILES string of the molecule is Cc1ccc2c(c1C)OCCC2CC(=O)O. The lowest BCUT2D eigenvalue weighted by molar-refractivity contribution is -0.137. The zero-order valence-corrected chi connectivity index (χ0v) is 9.62. The van der Waals surface area contributed by atoms with Gasteiger partial charge >= 0.3 is 5.97 Å². The van der Waals surface area contributed by atoms with Crippen LogP contribution in [0.1, 0.15) is 35.4 Å². The van der Waals surface area contributed by atoms with Crippen LogP contribution in [0.15, 0.2) is 12.1 Å². The molecule has 0 radical (unpaired) electrons. The van der Waals surface area contributed by atoms with Gasteiger partial charge in [0.15, 0.2) is 0 Å². The van der Waals surface area contributed by atoms with Gasteiger partial charge in [0.25, 0.3) is 0 Å². The molecule has 3 heteroatoms. The van der Waals surface area contributed by atoms with Gasteiger partial charge in [-0.05, 0) is 37.0 Å². The Morgan fingerprint density at radius 3 is 2.94 bits per heavy atom. The van der Waals surface area contributed by atoms with Crippen LogP contribution in [0.4, 0.5) is 0 Å². The number of carbonyl (C=O) groups is 1. The lowest BCUT2D eigenvalue weighted by Crippen LogP contribution is -2.18. The Morgan fingerprint density at radius 2 is 2.25 bits per heavy atom. The fourth-order valence-electron chi connectivity index (χ4n) is 2.21. The molecule has 1 aromatic carbocycles. The largest absolute Gasteiger partial charge is 0.493 e. The summed E-state index contributed by atoms with van der Waals surface area (Å²) in [4.78, 5) is 10.8. The summed E-state index contributed by atoms with van der Waals surface area (Å²) in [6.07, 6.45) is 0.987. The first-order valence-corrected chi connectivity index (χ1v) is 5.54. The third kappa shape index (κ3) is 1.90. The molecule has 86 valence electrons. The first kappa shape index (κ1) is 11.0. The summed E-state index contributed by atoms with van der Waals surface area (Å²) in [6.45, 7) is 4.69. The first-order chi connectivity index (χ1) is 7.59. The number of fused-ring (bicyclic) bond motifs is 1. The van der Waals surface area contributed by atoms with E-state index in [9.17, 15) is 4.79 Å². The molecule has 1 aliphatic rings. The van der Waals surface area contributed by atoms with Crippen LogP contribution in [0, 0.1) is 13.8 Å². The van der Waals surface area contributed by atoms with Crippen molar-refractivity contribution in [3.05, 3.63) is 28.8 Å². The second-order valence-corrected chi connectivity index (χ2v) is 4.36. The smallest absolute Gasteiger partial charge is 0.303 e. The van der Waals surface area contributed by atoms with Crippen LogP contribution in [0.5, 0.6) is 5.75 Å². The topological polar surface area (TPSA) is 46.5 Å². The summed E-state index contributed by atoms with van der Waals surface area (Å²) >= 11 is 0. The molecule has 1 N–H and O–H groups in total. The van der Waals surface area contributed by atoms with Gasteiger partial charge < -0.3 is 9.84 Å². The molecule has 0 saturated heterocycles. The minimum absolute atomic E-state index is 0.0977. The number of rotatable bonds is 2. The average molecular weight is 220 g/mol. The van der Waals surface area contributed by atoms with E-state index < -0.39 is 5.97 Å². The average Bonchev–Trinajstić information content (AvgIpc) is 2.23. The maximum atomic E-state index is 10.8. The van der Waals surface area contributed by atoms with Crippen LogP contribution in [0.3, 0.4) is 0 Å². The molecular weight excluding hydrogens is 204 g/mol. The summed E-state index contributed by atoms with van der Waals surface area (Å²) < 4.78 is 5.65. The van der Waals surface area contributed by atoms with E-state index in [1.165, 1.54) is 5.56 Å². The Balaban J connectivity index is 2.39. The van der Waals surface area contributed by atoms with Crippen LogP contribution < -0.4 is 4.74 Å². The van der Waals surface area contributed by atoms with Gasteiger partial charge in [0, 0.05) is 5.92 Å². The quantitative estimate of drug-likeness (QED) is 0.833. The van der Waals surface area contributed by atoms with Crippen molar-refractivity contribution in [3.63, 3.8) is 0 Å². The molecule has 1 unspecified atom stereocenters. The zero-order chi connectivity index (χ0) is 11.7. The molecule has 0 aromatic heterocycles. The third-order valence-electron chi connectivity index (χ3n) is 3.28. The van der Waals surface area contributed by atoms with Gasteiger partial charge in [-0.1, -0.05) is 12.1 Å². The standard InChI is InChI=1S/C13H16O3/c1-8-3-4-11-10(7-12(14)15)5-6-16-13(11)9(8)2/h3-4,10H,5-7H2,1-2H3,(H,14,15). The monoisotopic (exact) mass is 220 g/mol. The van der Waals surface area contributed by atoms with Crippen molar-refractivity contribution in [2.24, 2.45) is 0 Å². The third-order valence-corrected chi connectivity index (χ3v) is 3.28. The minimum atomic E-state index is -0.740. The van der Waals surface area contributed by atoms with Crippen molar-refractivity contribution in [3.8, 4) is 5.75 Å². The summed E-state index contributed by atoms with van der Waals surface area (Å²) in [5.41, 5.74) is 3.37. The lowest BCUT2D eigenvalue weighted by atomic mass is 9.88. The molecule has 0 amide bonds. The van der Waals surface area contributed by atoms with E-state index >= 15 is 0 Å². The molecule has 0 saturated carbocycles. The van der Waals surface area contributed by atoms with E-state index in [1.54, 1.807) is 0 Å². The van der Waals surface area contributed by atoms with Crippen LogP contribution in [0.2, 0.25) is 0 Å². The second kappa shape index (κ2) is 4.16. The summed E-state index contributed by atoms with van der Waals surface area (Å²) in [5.74, 6) is 0.258. The van der Waals surface area contributed by atoms with Crippen LogP contribution in [0.25, 0.3) is 0 Å². The molecule has 0 fully saturated rings. The Hall–Kier alpha value is -1.51. The van der Waals surface area contributed by atoms with Gasteiger partial charge in [0.2, 0.25) is 0 Å². The van der Waals surface area contributed by atoms with E-state index in [0.29, 0.717) is 6.61 Å².